The Balaban J connectivity index is 1.53. The van der Waals surface area contributed by atoms with E-state index in [0.717, 1.165) is 29.3 Å². The zero-order chi connectivity index (χ0) is 21.3. The van der Waals surface area contributed by atoms with Gasteiger partial charge >= 0.3 is 0 Å². The molecule has 0 amide bonds. The first-order valence-corrected chi connectivity index (χ1v) is 9.24. The van der Waals surface area contributed by atoms with Crippen LogP contribution in [0.15, 0.2) is 55.0 Å². The van der Waals surface area contributed by atoms with Crippen molar-refractivity contribution in [2.75, 3.05) is 5.32 Å². The number of anilines is 2. The van der Waals surface area contributed by atoms with Crippen LogP contribution < -0.4 is 5.32 Å². The van der Waals surface area contributed by atoms with Gasteiger partial charge in [0.15, 0.2) is 5.82 Å². The molecule has 0 spiro atoms. The van der Waals surface area contributed by atoms with Gasteiger partial charge in [-0.2, -0.15) is 18.9 Å². The van der Waals surface area contributed by atoms with Crippen molar-refractivity contribution in [1.82, 2.24) is 29.7 Å². The maximum atomic E-state index is 13.4. The third-order valence-electron chi connectivity index (χ3n) is 4.26. The third-order valence-corrected chi connectivity index (χ3v) is 4.26. The molecule has 0 saturated carbocycles. The fraction of sp³-hybridized carbons (Fsp3) is 0.190. The highest BCUT2D eigenvalue weighted by Gasteiger charge is 2.19. The maximum Gasteiger partial charge on any atom is 0.227 e. The topological polar surface area (TPSA) is 81.4 Å². The van der Waals surface area contributed by atoms with Crippen LogP contribution in [-0.2, 0) is 5.41 Å². The summed E-state index contributed by atoms with van der Waals surface area (Å²) in [7, 11) is 0. The molecular formula is C21H19F2N7. The van der Waals surface area contributed by atoms with Crippen LogP contribution in [0.3, 0.4) is 0 Å². The van der Waals surface area contributed by atoms with E-state index >= 15 is 0 Å². The van der Waals surface area contributed by atoms with Gasteiger partial charge in [0.2, 0.25) is 17.8 Å². The normalized spacial score (nSPS) is 11.5. The summed E-state index contributed by atoms with van der Waals surface area (Å²) in [5, 5.41) is 7.60. The number of halogens is 2. The van der Waals surface area contributed by atoms with E-state index in [1.807, 2.05) is 24.3 Å². The molecule has 0 fully saturated rings. The lowest BCUT2D eigenvalue weighted by Gasteiger charge is -2.12. The zero-order valence-corrected chi connectivity index (χ0v) is 16.6. The van der Waals surface area contributed by atoms with E-state index < -0.39 is 11.9 Å². The first-order valence-electron chi connectivity index (χ1n) is 9.24. The van der Waals surface area contributed by atoms with Gasteiger partial charge in [-0.3, -0.25) is 0 Å². The van der Waals surface area contributed by atoms with Crippen molar-refractivity contribution in [3.8, 4) is 16.9 Å². The molecule has 30 heavy (non-hydrogen) atoms. The van der Waals surface area contributed by atoms with Crippen LogP contribution in [-0.4, -0.2) is 29.7 Å². The monoisotopic (exact) mass is 407 g/mol. The van der Waals surface area contributed by atoms with Gasteiger partial charge in [0, 0.05) is 35.0 Å². The maximum absolute atomic E-state index is 13.4. The Morgan fingerprint density at radius 2 is 1.60 bits per heavy atom. The van der Waals surface area contributed by atoms with E-state index in [1.165, 1.54) is 6.20 Å². The summed E-state index contributed by atoms with van der Waals surface area (Å²) < 4.78 is 28.5. The number of nitrogens with one attached hydrogen (secondary N) is 1. The van der Waals surface area contributed by atoms with Crippen LogP contribution in [0.25, 0.3) is 16.9 Å². The molecule has 0 aliphatic heterocycles. The summed E-state index contributed by atoms with van der Waals surface area (Å²) in [6.45, 7) is 6.17. The average Bonchev–Trinajstić information content (AvgIpc) is 3.19. The molecule has 0 aliphatic rings. The van der Waals surface area contributed by atoms with Gasteiger partial charge in [0.25, 0.3) is 0 Å². The number of benzene rings is 1. The molecule has 4 rings (SSSR count). The Morgan fingerprint density at radius 3 is 2.23 bits per heavy atom. The molecule has 3 heterocycles. The molecule has 1 aromatic carbocycles. The number of hydrogen-bond donors (Lipinski definition) is 1. The van der Waals surface area contributed by atoms with Crippen molar-refractivity contribution < 1.29 is 8.78 Å². The molecule has 4 aromatic rings. The molecule has 0 aliphatic carbocycles. The molecule has 9 heteroatoms. The molecule has 3 aromatic heterocycles. The van der Waals surface area contributed by atoms with Crippen LogP contribution in [0.5, 0.6) is 0 Å². The zero-order valence-electron chi connectivity index (χ0n) is 16.6. The summed E-state index contributed by atoms with van der Waals surface area (Å²) in [5.41, 5.74) is 2.14. The number of pyridine rings is 1. The van der Waals surface area contributed by atoms with Gasteiger partial charge in [-0.25, -0.2) is 19.6 Å². The number of rotatable bonds is 4. The highest BCUT2D eigenvalue weighted by molar-refractivity contribution is 5.62. The molecule has 7 nitrogen and oxygen atoms in total. The van der Waals surface area contributed by atoms with Crippen LogP contribution in [0.1, 0.15) is 26.6 Å². The second kappa shape index (κ2) is 7.58. The minimum atomic E-state index is -0.906. The number of aromatic nitrogens is 6. The molecule has 0 bridgehead atoms. The molecule has 0 radical (unpaired) electrons. The van der Waals surface area contributed by atoms with Gasteiger partial charge in [-0.05, 0) is 30.3 Å². The molecule has 0 unspecified atom stereocenters. The SMILES string of the molecule is CC(C)(C)c1ncn(-c2ccc(Nc3nccc(-c4cc(F)nc(F)c4)n3)cc2)n1. The second-order valence-corrected chi connectivity index (χ2v) is 7.70. The Bertz CT molecular complexity index is 1160. The van der Waals surface area contributed by atoms with Crippen LogP contribution >= 0.6 is 0 Å². The molecule has 1 N–H and O–H groups in total. The van der Waals surface area contributed by atoms with Gasteiger partial charge in [-0.15, -0.1) is 0 Å². The minimum absolute atomic E-state index is 0.129. The molecule has 0 atom stereocenters. The Hall–Kier alpha value is -3.75. The van der Waals surface area contributed by atoms with Crippen LogP contribution in [0.4, 0.5) is 20.4 Å². The van der Waals surface area contributed by atoms with Crippen molar-refractivity contribution in [3.63, 3.8) is 0 Å². The average molecular weight is 407 g/mol. The molecule has 0 saturated heterocycles. The Morgan fingerprint density at radius 1 is 0.900 bits per heavy atom. The van der Waals surface area contributed by atoms with Crippen molar-refractivity contribution >= 4 is 11.6 Å². The Labute approximate surface area is 171 Å². The quantitative estimate of drug-likeness (QED) is 0.504. The van der Waals surface area contributed by atoms with Crippen LogP contribution in [0.2, 0.25) is 0 Å². The highest BCUT2D eigenvalue weighted by atomic mass is 19.1. The van der Waals surface area contributed by atoms with E-state index in [2.05, 4.69) is 51.1 Å². The van der Waals surface area contributed by atoms with Crippen LogP contribution in [0, 0.1) is 11.9 Å². The van der Waals surface area contributed by atoms with Gasteiger partial charge in [0.05, 0.1) is 11.4 Å². The number of hydrogen-bond acceptors (Lipinski definition) is 6. The van der Waals surface area contributed by atoms with Crippen molar-refractivity contribution in [2.24, 2.45) is 0 Å². The summed E-state index contributed by atoms with van der Waals surface area (Å²) in [5.74, 6) is -0.750. The van der Waals surface area contributed by atoms with Crippen molar-refractivity contribution in [3.05, 3.63) is 72.7 Å². The van der Waals surface area contributed by atoms with Gasteiger partial charge in [0.1, 0.15) is 6.33 Å². The van der Waals surface area contributed by atoms with E-state index in [9.17, 15) is 8.78 Å². The number of nitrogens with zero attached hydrogens (tertiary/aromatic N) is 6. The lowest BCUT2D eigenvalue weighted by atomic mass is 9.96. The lowest BCUT2D eigenvalue weighted by Crippen LogP contribution is -2.14. The largest absolute Gasteiger partial charge is 0.324 e. The van der Waals surface area contributed by atoms with E-state index in [4.69, 9.17) is 0 Å². The minimum Gasteiger partial charge on any atom is -0.324 e. The summed E-state index contributed by atoms with van der Waals surface area (Å²) in [4.78, 5) is 15.9. The fourth-order valence-corrected chi connectivity index (χ4v) is 2.75. The summed E-state index contributed by atoms with van der Waals surface area (Å²) in [6, 6.07) is 11.3. The van der Waals surface area contributed by atoms with E-state index in [-0.39, 0.29) is 11.0 Å². The summed E-state index contributed by atoms with van der Waals surface area (Å²) >= 11 is 0. The second-order valence-electron chi connectivity index (χ2n) is 7.70. The van der Waals surface area contributed by atoms with E-state index in [0.29, 0.717) is 11.6 Å². The standard InChI is InChI=1S/C21H19F2N7/c1-21(2,3)19-25-12-30(29-19)15-6-4-14(5-7-15)26-20-24-9-8-16(27-20)13-10-17(22)28-18(23)11-13/h4-12H,1-3H3,(H,24,26,27). The highest BCUT2D eigenvalue weighted by Crippen LogP contribution is 2.22. The molecule has 152 valence electrons. The third kappa shape index (κ3) is 4.29. The van der Waals surface area contributed by atoms with Gasteiger partial charge in [-0.1, -0.05) is 20.8 Å². The van der Waals surface area contributed by atoms with Gasteiger partial charge < -0.3 is 5.32 Å². The first-order chi connectivity index (χ1) is 14.3. The smallest absolute Gasteiger partial charge is 0.227 e. The van der Waals surface area contributed by atoms with Crippen molar-refractivity contribution in [1.29, 1.82) is 0 Å². The Kier molecular flexibility index (Phi) is 4.94. The van der Waals surface area contributed by atoms with E-state index in [1.54, 1.807) is 17.1 Å². The predicted molar refractivity (Wildman–Crippen MR) is 109 cm³/mol. The lowest BCUT2D eigenvalue weighted by molar-refractivity contribution is 0.513. The van der Waals surface area contributed by atoms with Crippen molar-refractivity contribution in [2.45, 2.75) is 26.2 Å². The molecular weight excluding hydrogens is 388 g/mol. The summed E-state index contributed by atoms with van der Waals surface area (Å²) in [6.07, 6.45) is 3.20. The first kappa shape index (κ1) is 19.6. The fourth-order valence-electron chi connectivity index (χ4n) is 2.75. The predicted octanol–water partition coefficient (Wildman–Crippen LogP) is 4.44.